The lowest BCUT2D eigenvalue weighted by molar-refractivity contribution is -0.140. The molecule has 0 aromatic carbocycles. The number of nitrogens with one attached hydrogen (secondary N) is 4. The van der Waals surface area contributed by atoms with Crippen molar-refractivity contribution in [1.82, 2.24) is 26.2 Å². The highest BCUT2D eigenvalue weighted by molar-refractivity contribution is 5.92. The van der Waals surface area contributed by atoms with Gasteiger partial charge in [-0.05, 0) is 40.8 Å². The number of carbonyl (C=O) groups excluding carboxylic acids is 5. The van der Waals surface area contributed by atoms with Crippen molar-refractivity contribution in [2.75, 3.05) is 33.7 Å². The number of likely N-dealkylation sites (tertiary alicyclic amines) is 1. The molecule has 14 heteroatoms. The van der Waals surface area contributed by atoms with Crippen LogP contribution >= 0.6 is 0 Å². The summed E-state index contributed by atoms with van der Waals surface area (Å²) >= 11 is 0. The van der Waals surface area contributed by atoms with E-state index in [4.69, 9.17) is 10.8 Å². The van der Waals surface area contributed by atoms with Crippen molar-refractivity contribution < 1.29 is 39.0 Å². The number of aliphatic carboxylic acids is 1. The highest BCUT2D eigenvalue weighted by Gasteiger charge is 2.42. The van der Waals surface area contributed by atoms with E-state index in [0.29, 0.717) is 32.4 Å². The number of rotatable bonds is 12. The Labute approximate surface area is 251 Å². The number of piperidine rings is 1. The Bertz CT molecular complexity index is 799. The van der Waals surface area contributed by atoms with Crippen LogP contribution < -0.4 is 27.0 Å². The quantitative estimate of drug-likeness (QED) is 0.159. The number of carboxylic acid groups (broad SMARTS) is 1. The zero-order chi connectivity index (χ0) is 34.1. The molecule has 14 nitrogen and oxygen atoms in total. The van der Waals surface area contributed by atoms with Crippen molar-refractivity contribution in [2.24, 2.45) is 5.73 Å². The van der Waals surface area contributed by atoms with Gasteiger partial charge in [0.05, 0.1) is 25.1 Å². The minimum atomic E-state index is -1.13. The van der Waals surface area contributed by atoms with Gasteiger partial charge in [0.2, 0.25) is 23.6 Å². The molecule has 248 valence electrons. The van der Waals surface area contributed by atoms with Gasteiger partial charge < -0.3 is 42.1 Å². The number of aliphatic hydroxyl groups excluding tert-OH is 1. The van der Waals surface area contributed by atoms with Gasteiger partial charge in [-0.25, -0.2) is 0 Å². The summed E-state index contributed by atoms with van der Waals surface area (Å²) in [5.74, 6) is -2.84. The number of Topliss-reactive ketones (excluding diaryl/α,β-unsaturated/α-hetero) is 1. The molecule has 0 aliphatic carbocycles. The number of likely N-dealkylation sites (N-methyl/N-ethyl adjacent to an activating group) is 2. The summed E-state index contributed by atoms with van der Waals surface area (Å²) in [6.45, 7) is 17.4. The molecule has 0 saturated carbocycles. The van der Waals surface area contributed by atoms with Crippen molar-refractivity contribution >= 4 is 35.4 Å². The Balaban J connectivity index is -0.000000311. The minimum Gasteiger partial charge on any atom is -0.481 e. The molecule has 42 heavy (non-hydrogen) atoms. The van der Waals surface area contributed by atoms with Gasteiger partial charge in [0.15, 0.2) is 0 Å². The lowest BCUT2D eigenvalue weighted by atomic mass is 9.86. The van der Waals surface area contributed by atoms with Crippen LogP contribution in [0.25, 0.3) is 0 Å². The normalized spacial score (nSPS) is 14.9. The van der Waals surface area contributed by atoms with Gasteiger partial charge >= 0.3 is 5.97 Å². The number of nitrogens with two attached hydrogens (primary N) is 1. The molecule has 1 aliphatic rings. The Morgan fingerprint density at radius 3 is 1.74 bits per heavy atom. The van der Waals surface area contributed by atoms with Gasteiger partial charge in [0.25, 0.3) is 0 Å². The fraction of sp³-hybridized carbons (Fsp3) is 0.786. The van der Waals surface area contributed by atoms with E-state index in [1.807, 2.05) is 41.5 Å². The zero-order valence-electron chi connectivity index (χ0n) is 27.6. The van der Waals surface area contributed by atoms with Crippen molar-refractivity contribution in [3.8, 4) is 0 Å². The first kappa shape index (κ1) is 45.9. The Kier molecular flexibility index (Phi) is 29.2. The molecule has 0 spiro atoms. The Morgan fingerprint density at radius 2 is 1.43 bits per heavy atom. The summed E-state index contributed by atoms with van der Waals surface area (Å²) < 4.78 is 0. The van der Waals surface area contributed by atoms with Gasteiger partial charge in [-0.3, -0.25) is 28.8 Å². The molecule has 3 atom stereocenters. The third-order valence-corrected chi connectivity index (χ3v) is 5.82. The molecule has 0 aromatic rings. The molecular weight excluding hydrogens is 548 g/mol. The van der Waals surface area contributed by atoms with E-state index in [9.17, 15) is 33.9 Å². The number of aliphatic hydroxyl groups is 1. The summed E-state index contributed by atoms with van der Waals surface area (Å²) in [5, 5.41) is 28.4. The van der Waals surface area contributed by atoms with Gasteiger partial charge in [0.1, 0.15) is 17.4 Å². The molecule has 0 radical (unpaired) electrons. The fourth-order valence-corrected chi connectivity index (χ4v) is 3.50. The average molecular weight is 607 g/mol. The number of nitrogens with zero attached hydrogens (tertiary/aromatic N) is 1. The molecule has 1 fully saturated rings. The third kappa shape index (κ3) is 18.4. The van der Waals surface area contributed by atoms with E-state index in [1.54, 1.807) is 18.9 Å². The predicted molar refractivity (Wildman–Crippen MR) is 164 cm³/mol. The molecule has 1 saturated heterocycles. The van der Waals surface area contributed by atoms with Crippen LogP contribution in [0.15, 0.2) is 0 Å². The number of carbonyl (C=O) groups is 6. The number of ketones is 1. The van der Waals surface area contributed by atoms with Crippen molar-refractivity contribution in [3.05, 3.63) is 0 Å². The number of hydrogen-bond donors (Lipinski definition) is 7. The second-order valence-electron chi connectivity index (χ2n) is 8.52. The Hall–Kier alpha value is -3.10. The first-order valence-corrected chi connectivity index (χ1v) is 14.7. The van der Waals surface area contributed by atoms with E-state index >= 15 is 0 Å². The maximum Gasteiger partial charge on any atom is 0.305 e. The number of amides is 4. The van der Waals surface area contributed by atoms with E-state index in [-0.39, 0.29) is 30.6 Å². The van der Waals surface area contributed by atoms with Crippen LogP contribution in [0.3, 0.4) is 0 Å². The molecule has 8 N–H and O–H groups in total. The van der Waals surface area contributed by atoms with Crippen LogP contribution in [0.1, 0.15) is 88.0 Å². The molecule has 4 amide bonds. The summed E-state index contributed by atoms with van der Waals surface area (Å²) in [4.78, 5) is 69.3. The van der Waals surface area contributed by atoms with Crippen LogP contribution in [0.4, 0.5) is 0 Å². The predicted octanol–water partition coefficient (Wildman–Crippen LogP) is 0.161. The minimum absolute atomic E-state index is 0.0594. The lowest BCUT2D eigenvalue weighted by Crippen LogP contribution is -2.64. The van der Waals surface area contributed by atoms with Gasteiger partial charge in [-0.15, -0.1) is 0 Å². The fourth-order valence-electron chi connectivity index (χ4n) is 3.50. The first-order valence-electron chi connectivity index (χ1n) is 14.7. The van der Waals surface area contributed by atoms with Gasteiger partial charge in [0, 0.05) is 19.5 Å². The largest absolute Gasteiger partial charge is 0.481 e. The summed E-state index contributed by atoms with van der Waals surface area (Å²) in [6.07, 6.45) is -0.0686. The second kappa shape index (κ2) is 26.8. The van der Waals surface area contributed by atoms with E-state index in [0.717, 1.165) is 0 Å². The Morgan fingerprint density at radius 1 is 0.952 bits per heavy atom. The van der Waals surface area contributed by atoms with Crippen LogP contribution in [0, 0.1) is 0 Å². The topological polar surface area (TPSA) is 220 Å². The SMILES string of the molecule is CC.CC.CC.CCC(=O)N1CCC(NC)(C(=O)NC(C(N)=O)C(C)O)CC1.CNC(CC(=O)O)C(=O)NCC(C)=O. The molecule has 1 heterocycles. The number of primary amides is 1. The smallest absolute Gasteiger partial charge is 0.305 e. The maximum atomic E-state index is 12.5. The molecule has 3 unspecified atom stereocenters. The maximum absolute atomic E-state index is 12.5. The summed E-state index contributed by atoms with van der Waals surface area (Å²) in [6, 6.07) is -1.93. The highest BCUT2D eigenvalue weighted by Crippen LogP contribution is 2.23. The van der Waals surface area contributed by atoms with E-state index < -0.39 is 41.5 Å². The standard InChI is InChI=1S/C14H26N4O4.C8H14N2O4.3C2H6/c1-4-10(20)18-7-5-14(16-3,6-8-18)13(22)17-11(9(2)19)12(15)21;1-5(11)4-10-8(14)6(9-2)3-7(12)13;3*1-2/h9,11,16,19H,4-8H2,1-3H3,(H2,15,21)(H,17,22);6,9H,3-4H2,1-2H3,(H,10,14)(H,12,13);3*1-2H3. The lowest BCUT2D eigenvalue weighted by Gasteiger charge is -2.41. The van der Waals surface area contributed by atoms with Gasteiger partial charge in [-0.1, -0.05) is 48.5 Å². The molecule has 0 aromatic heterocycles. The van der Waals surface area contributed by atoms with Crippen LogP contribution in [0.5, 0.6) is 0 Å². The highest BCUT2D eigenvalue weighted by atomic mass is 16.4. The second-order valence-corrected chi connectivity index (χ2v) is 8.52. The average Bonchev–Trinajstić information content (AvgIpc) is 2.99. The van der Waals surface area contributed by atoms with E-state index in [2.05, 4.69) is 21.3 Å². The first-order chi connectivity index (χ1) is 19.7. The summed E-state index contributed by atoms with van der Waals surface area (Å²) in [7, 11) is 3.15. The van der Waals surface area contributed by atoms with Crippen LogP contribution in [-0.2, 0) is 28.8 Å². The molecule has 1 aliphatic heterocycles. The van der Waals surface area contributed by atoms with E-state index in [1.165, 1.54) is 20.9 Å². The van der Waals surface area contributed by atoms with Crippen molar-refractivity contribution in [3.63, 3.8) is 0 Å². The van der Waals surface area contributed by atoms with Crippen LogP contribution in [0.2, 0.25) is 0 Å². The van der Waals surface area contributed by atoms with Gasteiger partial charge in [-0.2, -0.15) is 0 Å². The summed E-state index contributed by atoms with van der Waals surface area (Å²) in [5.41, 5.74) is 4.32. The zero-order valence-corrected chi connectivity index (χ0v) is 27.6. The number of carboxylic acids is 1. The monoisotopic (exact) mass is 606 g/mol. The molecule has 1 rings (SSSR count). The van der Waals surface area contributed by atoms with Crippen molar-refractivity contribution in [2.45, 2.75) is 112 Å². The molecular formula is C28H58N6O8. The van der Waals surface area contributed by atoms with Crippen molar-refractivity contribution in [1.29, 1.82) is 0 Å². The van der Waals surface area contributed by atoms with Crippen LogP contribution in [-0.4, -0.2) is 108 Å². The number of hydrogen-bond acceptors (Lipinski definition) is 9. The third-order valence-electron chi connectivity index (χ3n) is 5.82. The molecule has 0 bridgehead atoms.